The first-order valence-electron chi connectivity index (χ1n) is 8.10. The van der Waals surface area contributed by atoms with E-state index in [1.54, 1.807) is 24.3 Å². The predicted octanol–water partition coefficient (Wildman–Crippen LogP) is 4.20. The van der Waals surface area contributed by atoms with Crippen LogP contribution in [-0.4, -0.2) is 24.4 Å². The molecule has 0 atom stereocenters. The van der Waals surface area contributed by atoms with E-state index in [1.165, 1.54) is 6.07 Å². The third-order valence-corrected chi connectivity index (χ3v) is 4.16. The molecule has 0 aliphatic rings. The number of carbonyl (C=O) groups excluding carboxylic acids is 3. The van der Waals surface area contributed by atoms with Crippen LogP contribution in [0.15, 0.2) is 42.5 Å². The quantitative estimate of drug-likeness (QED) is 0.672. The summed E-state index contributed by atoms with van der Waals surface area (Å²) in [7, 11) is 0. The molecule has 2 N–H and O–H groups in total. The molecule has 0 aliphatic heterocycles. The average molecular weight is 409 g/mol. The number of anilines is 2. The molecule has 6 nitrogen and oxygen atoms in total. The second-order valence-electron chi connectivity index (χ2n) is 5.76. The maximum atomic E-state index is 11.9. The fraction of sp³-hybridized carbons (Fsp3) is 0.211. The Morgan fingerprint density at radius 1 is 0.889 bits per heavy atom. The van der Waals surface area contributed by atoms with Crippen molar-refractivity contribution in [2.75, 3.05) is 17.2 Å². The highest BCUT2D eigenvalue weighted by atomic mass is 35.5. The number of nitrogens with one attached hydrogen (secondary N) is 2. The normalized spacial score (nSPS) is 10.2. The van der Waals surface area contributed by atoms with Crippen LogP contribution < -0.4 is 10.6 Å². The van der Waals surface area contributed by atoms with Crippen LogP contribution in [0.5, 0.6) is 0 Å². The van der Waals surface area contributed by atoms with Crippen LogP contribution in [0.4, 0.5) is 11.4 Å². The summed E-state index contributed by atoms with van der Waals surface area (Å²) >= 11 is 11.7. The highest BCUT2D eigenvalue weighted by Gasteiger charge is 2.11. The van der Waals surface area contributed by atoms with E-state index >= 15 is 0 Å². The van der Waals surface area contributed by atoms with Crippen LogP contribution in [0.3, 0.4) is 0 Å². The summed E-state index contributed by atoms with van der Waals surface area (Å²) in [6, 6.07) is 11.9. The number of benzene rings is 2. The van der Waals surface area contributed by atoms with E-state index in [2.05, 4.69) is 10.6 Å². The van der Waals surface area contributed by atoms with E-state index < -0.39 is 18.5 Å². The summed E-state index contributed by atoms with van der Waals surface area (Å²) in [4.78, 5) is 35.3. The molecule has 0 fully saturated rings. The minimum absolute atomic E-state index is 0.0847. The summed E-state index contributed by atoms with van der Waals surface area (Å²) in [5, 5.41) is 5.92. The highest BCUT2D eigenvalue weighted by Crippen LogP contribution is 2.25. The molecule has 27 heavy (non-hydrogen) atoms. The Labute approximate surface area is 166 Å². The van der Waals surface area contributed by atoms with E-state index in [4.69, 9.17) is 27.9 Å². The SMILES string of the molecule is Cc1cccc(NC(=O)COC(=O)CCC(=O)Nc2ccc(Cl)c(Cl)c2)c1. The van der Waals surface area contributed by atoms with Crippen molar-refractivity contribution in [2.24, 2.45) is 0 Å². The molecule has 0 aromatic heterocycles. The molecule has 0 spiro atoms. The molecule has 0 unspecified atom stereocenters. The van der Waals surface area contributed by atoms with Crippen LogP contribution in [0.1, 0.15) is 18.4 Å². The number of hydrogen-bond acceptors (Lipinski definition) is 4. The van der Waals surface area contributed by atoms with Crippen molar-refractivity contribution in [2.45, 2.75) is 19.8 Å². The van der Waals surface area contributed by atoms with Crippen molar-refractivity contribution in [3.8, 4) is 0 Å². The minimum atomic E-state index is -0.640. The van der Waals surface area contributed by atoms with Gasteiger partial charge in [-0.3, -0.25) is 14.4 Å². The Balaban J connectivity index is 1.69. The first-order valence-corrected chi connectivity index (χ1v) is 8.86. The number of carbonyl (C=O) groups is 3. The van der Waals surface area contributed by atoms with Gasteiger partial charge in [-0.25, -0.2) is 0 Å². The van der Waals surface area contributed by atoms with Gasteiger partial charge in [0.2, 0.25) is 5.91 Å². The van der Waals surface area contributed by atoms with Crippen molar-refractivity contribution < 1.29 is 19.1 Å². The van der Waals surface area contributed by atoms with E-state index in [0.717, 1.165) is 5.56 Å². The molecule has 142 valence electrons. The van der Waals surface area contributed by atoms with Crippen molar-refractivity contribution >= 4 is 52.4 Å². The van der Waals surface area contributed by atoms with Gasteiger partial charge in [-0.2, -0.15) is 0 Å². The second kappa shape index (κ2) is 9.94. The van der Waals surface area contributed by atoms with Gasteiger partial charge >= 0.3 is 5.97 Å². The minimum Gasteiger partial charge on any atom is -0.456 e. The number of aryl methyl sites for hydroxylation is 1. The van der Waals surface area contributed by atoms with Crippen molar-refractivity contribution in [3.63, 3.8) is 0 Å². The van der Waals surface area contributed by atoms with Crippen molar-refractivity contribution in [3.05, 3.63) is 58.1 Å². The summed E-state index contributed by atoms with van der Waals surface area (Å²) in [5.41, 5.74) is 2.09. The van der Waals surface area contributed by atoms with Gasteiger partial charge in [0.05, 0.1) is 16.5 Å². The largest absolute Gasteiger partial charge is 0.456 e. The van der Waals surface area contributed by atoms with Crippen LogP contribution in [0, 0.1) is 6.92 Å². The first kappa shape index (κ1) is 20.7. The number of esters is 1. The van der Waals surface area contributed by atoms with Crippen molar-refractivity contribution in [1.82, 2.24) is 0 Å². The van der Waals surface area contributed by atoms with Gasteiger partial charge in [0.1, 0.15) is 0 Å². The monoisotopic (exact) mass is 408 g/mol. The molecule has 0 bridgehead atoms. The molecule has 0 saturated carbocycles. The van der Waals surface area contributed by atoms with Gasteiger partial charge in [0.25, 0.3) is 5.91 Å². The van der Waals surface area contributed by atoms with E-state index in [-0.39, 0.29) is 18.7 Å². The second-order valence-corrected chi connectivity index (χ2v) is 6.57. The molecule has 8 heteroatoms. The first-order chi connectivity index (χ1) is 12.8. The Morgan fingerprint density at radius 2 is 1.59 bits per heavy atom. The summed E-state index contributed by atoms with van der Waals surface area (Å²) in [5.74, 6) is -1.47. The smallest absolute Gasteiger partial charge is 0.306 e. The Kier molecular flexibility index (Phi) is 7.64. The van der Waals surface area contributed by atoms with Crippen LogP contribution in [0.2, 0.25) is 10.0 Å². The standard InChI is InChI=1S/C19H18Cl2N2O4/c1-12-3-2-4-13(9-12)23-18(25)11-27-19(26)8-7-17(24)22-14-5-6-15(20)16(21)10-14/h2-6,9-10H,7-8,11H2,1H3,(H,22,24)(H,23,25). The van der Waals surface area contributed by atoms with Gasteiger partial charge in [-0.05, 0) is 42.8 Å². The number of ether oxygens (including phenoxy) is 1. The molecule has 0 heterocycles. The predicted molar refractivity (Wildman–Crippen MR) is 105 cm³/mol. The van der Waals surface area contributed by atoms with E-state index in [9.17, 15) is 14.4 Å². The molecular weight excluding hydrogens is 391 g/mol. The summed E-state index contributed by atoms with van der Waals surface area (Å²) < 4.78 is 4.87. The molecule has 2 amide bonds. The zero-order chi connectivity index (χ0) is 19.8. The lowest BCUT2D eigenvalue weighted by atomic mass is 10.2. The zero-order valence-electron chi connectivity index (χ0n) is 14.6. The number of halogens is 2. The highest BCUT2D eigenvalue weighted by molar-refractivity contribution is 6.42. The Bertz CT molecular complexity index is 855. The van der Waals surface area contributed by atoms with Crippen molar-refractivity contribution in [1.29, 1.82) is 0 Å². The molecule has 0 saturated heterocycles. The number of rotatable bonds is 7. The maximum Gasteiger partial charge on any atom is 0.306 e. The number of hydrogen-bond donors (Lipinski definition) is 2. The molecule has 0 radical (unpaired) electrons. The molecule has 2 rings (SSSR count). The summed E-state index contributed by atoms with van der Waals surface area (Å²) in [6.07, 6.45) is -0.233. The maximum absolute atomic E-state index is 11.9. The van der Waals surface area contributed by atoms with Gasteiger partial charge in [-0.15, -0.1) is 0 Å². The van der Waals surface area contributed by atoms with Gasteiger partial charge < -0.3 is 15.4 Å². The topological polar surface area (TPSA) is 84.5 Å². The van der Waals surface area contributed by atoms with Gasteiger partial charge in [-0.1, -0.05) is 35.3 Å². The van der Waals surface area contributed by atoms with Gasteiger partial charge in [0.15, 0.2) is 6.61 Å². The fourth-order valence-corrected chi connectivity index (χ4v) is 2.45. The van der Waals surface area contributed by atoms with E-state index in [0.29, 0.717) is 21.4 Å². The van der Waals surface area contributed by atoms with Gasteiger partial charge in [0, 0.05) is 17.8 Å². The third-order valence-electron chi connectivity index (χ3n) is 3.43. The van der Waals surface area contributed by atoms with E-state index in [1.807, 2.05) is 19.1 Å². The van der Waals surface area contributed by atoms with Crippen LogP contribution >= 0.6 is 23.2 Å². The third kappa shape index (κ3) is 7.29. The molecular formula is C19H18Cl2N2O4. The summed E-state index contributed by atoms with van der Waals surface area (Å²) in [6.45, 7) is 1.49. The fourth-order valence-electron chi connectivity index (χ4n) is 2.15. The average Bonchev–Trinajstić information content (AvgIpc) is 2.61. The zero-order valence-corrected chi connectivity index (χ0v) is 16.1. The molecule has 2 aromatic carbocycles. The van der Waals surface area contributed by atoms with Crippen LogP contribution in [-0.2, 0) is 19.1 Å². The molecule has 0 aliphatic carbocycles. The lowest BCUT2D eigenvalue weighted by Crippen LogP contribution is -2.21. The van der Waals surface area contributed by atoms with Crippen LogP contribution in [0.25, 0.3) is 0 Å². The lowest BCUT2D eigenvalue weighted by Gasteiger charge is -2.08. The Morgan fingerprint density at radius 3 is 2.30 bits per heavy atom. The lowest BCUT2D eigenvalue weighted by molar-refractivity contribution is -0.147. The number of amides is 2. The Hall–Kier alpha value is -2.57. The molecule has 2 aromatic rings.